The van der Waals surface area contributed by atoms with Gasteiger partial charge >= 0.3 is 6.18 Å². The van der Waals surface area contributed by atoms with Crippen molar-refractivity contribution in [2.75, 3.05) is 6.54 Å². The zero-order valence-corrected chi connectivity index (χ0v) is 12.4. The molecule has 1 heterocycles. The first-order valence-electron chi connectivity index (χ1n) is 6.48. The molecule has 1 aromatic carbocycles. The molecule has 1 N–H and O–H groups in total. The topological polar surface area (TPSA) is 32.3 Å². The Morgan fingerprint density at radius 2 is 1.90 bits per heavy atom. The van der Waals surface area contributed by atoms with Crippen LogP contribution in [0.25, 0.3) is 0 Å². The van der Waals surface area contributed by atoms with Crippen LogP contribution in [0.3, 0.4) is 0 Å². The van der Waals surface area contributed by atoms with Gasteiger partial charge < -0.3 is 0 Å². The van der Waals surface area contributed by atoms with Crippen molar-refractivity contribution in [3.63, 3.8) is 0 Å². The normalized spacial score (nSPS) is 20.4. The van der Waals surface area contributed by atoms with E-state index in [4.69, 9.17) is 11.6 Å². The number of nitrogens with zero attached hydrogens (tertiary/aromatic N) is 1. The molecule has 1 aliphatic heterocycles. The van der Waals surface area contributed by atoms with Gasteiger partial charge in [0.25, 0.3) is 0 Å². The molecule has 3 nitrogen and oxygen atoms in total. The van der Waals surface area contributed by atoms with Crippen LogP contribution < -0.4 is 5.43 Å². The fourth-order valence-electron chi connectivity index (χ4n) is 2.25. The van der Waals surface area contributed by atoms with Crippen LogP contribution >= 0.6 is 11.6 Å². The third-order valence-electron chi connectivity index (χ3n) is 3.52. The Morgan fingerprint density at radius 1 is 1.33 bits per heavy atom. The van der Waals surface area contributed by atoms with Crippen LogP contribution in [0.2, 0.25) is 5.02 Å². The molecule has 0 saturated carbocycles. The Bertz CT molecular complexity index is 528. The molecule has 0 aliphatic carbocycles. The first-order chi connectivity index (χ1) is 9.59. The first-order valence-corrected chi connectivity index (χ1v) is 6.86. The molecule has 1 amide bonds. The SMILES string of the molecule is CC1(C)CN([C@@H](Cc2ccc(Cl)cc2)C(F)(F)F)NC1=O. The average molecular weight is 321 g/mol. The van der Waals surface area contributed by atoms with E-state index in [1.54, 1.807) is 38.1 Å². The number of benzene rings is 1. The monoisotopic (exact) mass is 320 g/mol. The molecule has 1 fully saturated rings. The summed E-state index contributed by atoms with van der Waals surface area (Å²) >= 11 is 5.73. The predicted octanol–water partition coefficient (Wildman–Crippen LogP) is 3.19. The van der Waals surface area contributed by atoms with E-state index in [2.05, 4.69) is 5.43 Å². The number of halogens is 4. The summed E-state index contributed by atoms with van der Waals surface area (Å²) < 4.78 is 39.9. The third-order valence-corrected chi connectivity index (χ3v) is 3.77. The minimum Gasteiger partial charge on any atom is -0.288 e. The van der Waals surface area contributed by atoms with Crippen LogP contribution in [-0.2, 0) is 11.2 Å². The maximum atomic E-state index is 13.3. The predicted molar refractivity (Wildman–Crippen MR) is 73.6 cm³/mol. The van der Waals surface area contributed by atoms with Gasteiger partial charge in [-0.25, -0.2) is 5.01 Å². The molecule has 116 valence electrons. The number of carbonyl (C=O) groups excluding carboxylic acids is 1. The molecule has 21 heavy (non-hydrogen) atoms. The number of hydrazine groups is 1. The molecule has 0 unspecified atom stereocenters. The van der Waals surface area contributed by atoms with Crippen molar-refractivity contribution in [1.29, 1.82) is 0 Å². The molecular weight excluding hydrogens is 305 g/mol. The number of alkyl halides is 3. The Labute approximate surface area is 126 Å². The van der Waals surface area contributed by atoms with Gasteiger partial charge in [0.15, 0.2) is 0 Å². The largest absolute Gasteiger partial charge is 0.406 e. The Balaban J connectivity index is 2.20. The molecule has 1 saturated heterocycles. The van der Waals surface area contributed by atoms with Crippen molar-refractivity contribution in [1.82, 2.24) is 10.4 Å². The fourth-order valence-corrected chi connectivity index (χ4v) is 2.38. The van der Waals surface area contributed by atoms with Gasteiger partial charge in [-0.3, -0.25) is 10.2 Å². The number of hydrogen-bond acceptors (Lipinski definition) is 2. The molecule has 1 aliphatic rings. The fraction of sp³-hybridized carbons (Fsp3) is 0.500. The second-order valence-electron chi connectivity index (χ2n) is 5.84. The second-order valence-corrected chi connectivity index (χ2v) is 6.28. The summed E-state index contributed by atoms with van der Waals surface area (Å²) in [7, 11) is 0. The van der Waals surface area contributed by atoms with E-state index in [1.807, 2.05) is 0 Å². The minimum absolute atomic E-state index is 0.0175. The summed E-state index contributed by atoms with van der Waals surface area (Å²) in [6.07, 6.45) is -4.68. The first kappa shape index (κ1) is 16.1. The van der Waals surface area contributed by atoms with Crippen LogP contribution in [0, 0.1) is 5.41 Å². The minimum atomic E-state index is -4.44. The summed E-state index contributed by atoms with van der Waals surface area (Å²) in [5, 5.41) is 1.45. The summed E-state index contributed by atoms with van der Waals surface area (Å²) in [5.41, 5.74) is 2.02. The Hall–Kier alpha value is -1.27. The molecular formula is C14H16ClF3N2O. The van der Waals surface area contributed by atoms with Crippen LogP contribution in [0.4, 0.5) is 13.2 Å². The maximum absolute atomic E-state index is 13.3. The van der Waals surface area contributed by atoms with Crippen LogP contribution in [-0.4, -0.2) is 29.7 Å². The van der Waals surface area contributed by atoms with Gasteiger partial charge in [0.05, 0.1) is 5.41 Å². The van der Waals surface area contributed by atoms with E-state index in [0.717, 1.165) is 5.01 Å². The number of rotatable bonds is 3. The van der Waals surface area contributed by atoms with Crippen LogP contribution in [0.1, 0.15) is 19.4 Å². The van der Waals surface area contributed by atoms with Crippen LogP contribution in [0.5, 0.6) is 0 Å². The average Bonchev–Trinajstić information content (AvgIpc) is 2.61. The van der Waals surface area contributed by atoms with E-state index < -0.39 is 23.5 Å². The van der Waals surface area contributed by atoms with E-state index in [-0.39, 0.29) is 13.0 Å². The van der Waals surface area contributed by atoms with Crippen molar-refractivity contribution in [3.05, 3.63) is 34.9 Å². The quantitative estimate of drug-likeness (QED) is 0.927. The maximum Gasteiger partial charge on any atom is 0.406 e. The molecule has 1 atom stereocenters. The van der Waals surface area contributed by atoms with E-state index in [9.17, 15) is 18.0 Å². The lowest BCUT2D eigenvalue weighted by Gasteiger charge is -2.29. The molecule has 0 radical (unpaired) electrons. The summed E-state index contributed by atoms with van der Waals surface area (Å²) in [4.78, 5) is 11.7. The Kier molecular flexibility index (Phi) is 4.22. The zero-order chi connectivity index (χ0) is 15.8. The number of carbonyl (C=O) groups is 1. The Morgan fingerprint density at radius 3 is 2.33 bits per heavy atom. The smallest absolute Gasteiger partial charge is 0.288 e. The number of hydrogen-bond donors (Lipinski definition) is 1. The molecule has 0 aromatic heterocycles. The van der Waals surface area contributed by atoms with Crippen LogP contribution in [0.15, 0.2) is 24.3 Å². The van der Waals surface area contributed by atoms with E-state index >= 15 is 0 Å². The van der Waals surface area contributed by atoms with Gasteiger partial charge in [0.2, 0.25) is 5.91 Å². The molecule has 0 bridgehead atoms. The highest BCUT2D eigenvalue weighted by molar-refractivity contribution is 6.30. The van der Waals surface area contributed by atoms with E-state index in [1.165, 1.54) is 0 Å². The van der Waals surface area contributed by atoms with Crippen molar-refractivity contribution >= 4 is 17.5 Å². The summed E-state index contributed by atoms with van der Waals surface area (Å²) in [6.45, 7) is 3.26. The lowest BCUT2D eigenvalue weighted by molar-refractivity contribution is -0.188. The highest BCUT2D eigenvalue weighted by atomic mass is 35.5. The second kappa shape index (κ2) is 5.50. The number of nitrogens with one attached hydrogen (secondary N) is 1. The summed E-state index contributed by atoms with van der Waals surface area (Å²) in [5.74, 6) is -0.396. The third kappa shape index (κ3) is 3.68. The molecule has 1 aromatic rings. The van der Waals surface area contributed by atoms with Crippen molar-refractivity contribution in [3.8, 4) is 0 Å². The number of amides is 1. The highest BCUT2D eigenvalue weighted by Crippen LogP contribution is 2.32. The standard InChI is InChI=1S/C14H16ClF3N2O/c1-13(2)8-20(19-12(13)21)11(14(16,17)18)7-9-3-5-10(15)6-4-9/h3-6,11H,7-8H2,1-2H3,(H,19,21)/t11-/m0/s1. The van der Waals surface area contributed by atoms with E-state index in [0.29, 0.717) is 10.6 Å². The van der Waals surface area contributed by atoms with Crippen molar-refractivity contribution < 1.29 is 18.0 Å². The van der Waals surface area contributed by atoms with Crippen molar-refractivity contribution in [2.24, 2.45) is 5.41 Å². The van der Waals surface area contributed by atoms with Crippen molar-refractivity contribution in [2.45, 2.75) is 32.5 Å². The summed E-state index contributed by atoms with van der Waals surface area (Å²) in [6, 6.07) is 4.46. The lowest BCUT2D eigenvalue weighted by atomic mass is 9.94. The van der Waals surface area contributed by atoms with Gasteiger partial charge in [-0.15, -0.1) is 0 Å². The lowest BCUT2D eigenvalue weighted by Crippen LogP contribution is -2.51. The molecule has 2 rings (SSSR count). The molecule has 0 spiro atoms. The van der Waals surface area contributed by atoms with Gasteiger partial charge in [0.1, 0.15) is 6.04 Å². The molecule has 7 heteroatoms. The highest BCUT2D eigenvalue weighted by Gasteiger charge is 2.50. The van der Waals surface area contributed by atoms with Gasteiger partial charge in [0, 0.05) is 11.6 Å². The zero-order valence-electron chi connectivity index (χ0n) is 11.7. The van der Waals surface area contributed by atoms with Gasteiger partial charge in [-0.2, -0.15) is 13.2 Å². The van der Waals surface area contributed by atoms with Gasteiger partial charge in [-0.05, 0) is 38.0 Å². The van der Waals surface area contributed by atoms with Gasteiger partial charge in [-0.1, -0.05) is 23.7 Å².